The maximum atomic E-state index is 11.7. The van der Waals surface area contributed by atoms with Gasteiger partial charge in [0.2, 0.25) is 0 Å². The van der Waals surface area contributed by atoms with E-state index in [0.717, 1.165) is 13.0 Å². The second-order valence-corrected chi connectivity index (χ2v) is 6.67. The van der Waals surface area contributed by atoms with Crippen molar-refractivity contribution in [1.29, 1.82) is 0 Å². The summed E-state index contributed by atoms with van der Waals surface area (Å²) in [5.41, 5.74) is -0.271. The summed E-state index contributed by atoms with van der Waals surface area (Å²) in [6.45, 7) is 12.8. The molecule has 0 aliphatic heterocycles. The van der Waals surface area contributed by atoms with Gasteiger partial charge in [-0.05, 0) is 39.7 Å². The molecule has 0 aromatic carbocycles. The summed E-state index contributed by atoms with van der Waals surface area (Å²) in [7, 11) is 1.88. The van der Waals surface area contributed by atoms with E-state index in [2.05, 4.69) is 31.4 Å². The summed E-state index contributed by atoms with van der Waals surface area (Å²) in [4.78, 5) is 11.7. The van der Waals surface area contributed by atoms with Gasteiger partial charge >= 0.3 is 6.09 Å². The average Bonchev–Trinajstić information content (AvgIpc) is 1.95. The van der Waals surface area contributed by atoms with Crippen molar-refractivity contribution in [3.05, 3.63) is 0 Å². The Bertz CT molecular complexity index is 239. The highest BCUT2D eigenvalue weighted by Crippen LogP contribution is 2.20. The first-order valence-electron chi connectivity index (χ1n) is 6.17. The molecule has 1 amide bonds. The lowest BCUT2D eigenvalue weighted by atomic mass is 9.88. The highest BCUT2D eigenvalue weighted by atomic mass is 16.6. The third-order valence-electron chi connectivity index (χ3n) is 2.03. The summed E-state index contributed by atoms with van der Waals surface area (Å²) >= 11 is 0. The van der Waals surface area contributed by atoms with Crippen LogP contribution >= 0.6 is 0 Å². The van der Waals surface area contributed by atoms with Crippen molar-refractivity contribution in [2.75, 3.05) is 13.6 Å². The van der Waals surface area contributed by atoms with E-state index in [-0.39, 0.29) is 17.6 Å². The lowest BCUT2D eigenvalue weighted by Crippen LogP contribution is -2.45. The third kappa shape index (κ3) is 10.1. The van der Waals surface area contributed by atoms with Gasteiger partial charge in [0.05, 0.1) is 0 Å². The van der Waals surface area contributed by atoms with Gasteiger partial charge in [-0.1, -0.05) is 20.8 Å². The SMILES string of the molecule is CNCC(CC(C)(C)C)NC(=O)OC(C)(C)C. The normalized spacial score (nSPS) is 14.3. The minimum atomic E-state index is -0.448. The van der Waals surface area contributed by atoms with Crippen LogP contribution in [0, 0.1) is 5.41 Å². The van der Waals surface area contributed by atoms with Crippen LogP contribution in [0.1, 0.15) is 48.0 Å². The Hall–Kier alpha value is -0.770. The van der Waals surface area contributed by atoms with E-state index in [4.69, 9.17) is 4.74 Å². The monoisotopic (exact) mass is 244 g/mol. The summed E-state index contributed by atoms with van der Waals surface area (Å²) < 4.78 is 5.25. The van der Waals surface area contributed by atoms with E-state index in [0.29, 0.717) is 0 Å². The number of alkyl carbamates (subject to hydrolysis) is 1. The van der Waals surface area contributed by atoms with Crippen LogP contribution < -0.4 is 10.6 Å². The van der Waals surface area contributed by atoms with Crippen LogP contribution in [0.3, 0.4) is 0 Å². The van der Waals surface area contributed by atoms with Crippen molar-refractivity contribution >= 4 is 6.09 Å². The highest BCUT2D eigenvalue weighted by Gasteiger charge is 2.22. The van der Waals surface area contributed by atoms with Gasteiger partial charge in [0, 0.05) is 12.6 Å². The standard InChI is InChI=1S/C13H28N2O2/c1-12(2,3)8-10(9-14-7)15-11(16)17-13(4,5)6/h10,14H,8-9H2,1-7H3,(H,15,16). The van der Waals surface area contributed by atoms with Gasteiger partial charge in [-0.25, -0.2) is 4.79 Å². The highest BCUT2D eigenvalue weighted by molar-refractivity contribution is 5.68. The smallest absolute Gasteiger partial charge is 0.407 e. The summed E-state index contributed by atoms with van der Waals surface area (Å²) in [5.74, 6) is 0. The Morgan fingerprint density at radius 2 is 1.71 bits per heavy atom. The van der Waals surface area contributed by atoms with E-state index in [1.807, 2.05) is 27.8 Å². The Labute approximate surface area is 105 Å². The number of ether oxygens (including phenoxy) is 1. The minimum absolute atomic E-state index is 0.0925. The van der Waals surface area contributed by atoms with Crippen molar-refractivity contribution < 1.29 is 9.53 Å². The van der Waals surface area contributed by atoms with Gasteiger partial charge in [-0.3, -0.25) is 0 Å². The van der Waals surface area contributed by atoms with Crippen LogP contribution in [0.4, 0.5) is 4.79 Å². The average molecular weight is 244 g/mol. The maximum absolute atomic E-state index is 11.7. The molecular weight excluding hydrogens is 216 g/mol. The van der Waals surface area contributed by atoms with Crippen LogP contribution in [0.5, 0.6) is 0 Å². The number of rotatable bonds is 4. The fourth-order valence-corrected chi connectivity index (χ4v) is 1.63. The molecule has 0 heterocycles. The maximum Gasteiger partial charge on any atom is 0.407 e. The molecule has 0 radical (unpaired) electrons. The largest absolute Gasteiger partial charge is 0.444 e. The van der Waals surface area contributed by atoms with E-state index in [1.54, 1.807) is 0 Å². The molecule has 0 aromatic heterocycles. The minimum Gasteiger partial charge on any atom is -0.444 e. The van der Waals surface area contributed by atoms with Crippen molar-refractivity contribution in [3.63, 3.8) is 0 Å². The molecule has 1 atom stereocenters. The molecule has 0 aliphatic rings. The number of likely N-dealkylation sites (N-methyl/N-ethyl adjacent to an activating group) is 1. The van der Waals surface area contributed by atoms with E-state index >= 15 is 0 Å². The topological polar surface area (TPSA) is 50.4 Å². The molecule has 17 heavy (non-hydrogen) atoms. The second kappa shape index (κ2) is 6.24. The molecule has 0 spiro atoms. The molecule has 4 nitrogen and oxygen atoms in total. The van der Waals surface area contributed by atoms with Crippen LogP contribution in [0.2, 0.25) is 0 Å². The molecule has 0 saturated heterocycles. The summed E-state index contributed by atoms with van der Waals surface area (Å²) in [5, 5.41) is 6.00. The van der Waals surface area contributed by atoms with Crippen molar-refractivity contribution in [2.45, 2.75) is 59.6 Å². The third-order valence-corrected chi connectivity index (χ3v) is 2.03. The molecule has 2 N–H and O–H groups in total. The first-order chi connectivity index (χ1) is 7.53. The first-order valence-corrected chi connectivity index (χ1v) is 6.17. The van der Waals surface area contributed by atoms with Gasteiger partial charge < -0.3 is 15.4 Å². The molecule has 0 rings (SSSR count). The number of carbonyl (C=O) groups is 1. The van der Waals surface area contributed by atoms with Crippen LogP contribution in [-0.4, -0.2) is 31.3 Å². The lowest BCUT2D eigenvalue weighted by Gasteiger charge is -2.28. The van der Waals surface area contributed by atoms with Crippen LogP contribution in [0.15, 0.2) is 0 Å². The number of carbonyl (C=O) groups excluding carboxylic acids is 1. The molecule has 0 saturated carbocycles. The molecular formula is C13H28N2O2. The summed E-state index contributed by atoms with van der Waals surface area (Å²) in [6, 6.07) is 0.0925. The molecule has 102 valence electrons. The van der Waals surface area contributed by atoms with Gasteiger partial charge in [0.1, 0.15) is 5.60 Å². The van der Waals surface area contributed by atoms with Gasteiger partial charge in [-0.2, -0.15) is 0 Å². The Morgan fingerprint density at radius 1 is 1.18 bits per heavy atom. The molecule has 0 aliphatic carbocycles. The fourth-order valence-electron chi connectivity index (χ4n) is 1.63. The van der Waals surface area contributed by atoms with Gasteiger partial charge in [-0.15, -0.1) is 0 Å². The Balaban J connectivity index is 4.30. The second-order valence-electron chi connectivity index (χ2n) is 6.67. The van der Waals surface area contributed by atoms with Crippen molar-refractivity contribution in [3.8, 4) is 0 Å². The van der Waals surface area contributed by atoms with Gasteiger partial charge in [0.15, 0.2) is 0 Å². The number of nitrogens with one attached hydrogen (secondary N) is 2. The predicted octanol–water partition coefficient (Wildman–Crippen LogP) is 2.54. The van der Waals surface area contributed by atoms with Crippen LogP contribution in [-0.2, 0) is 4.74 Å². The quantitative estimate of drug-likeness (QED) is 0.799. The van der Waals surface area contributed by atoms with Gasteiger partial charge in [0.25, 0.3) is 0 Å². The number of hydrogen-bond donors (Lipinski definition) is 2. The van der Waals surface area contributed by atoms with Crippen molar-refractivity contribution in [1.82, 2.24) is 10.6 Å². The molecule has 0 aromatic rings. The molecule has 0 fully saturated rings. The zero-order valence-corrected chi connectivity index (χ0v) is 12.3. The molecule has 0 bridgehead atoms. The fraction of sp³-hybridized carbons (Fsp3) is 0.923. The summed E-state index contributed by atoms with van der Waals surface area (Å²) in [6.07, 6.45) is 0.564. The first kappa shape index (κ1) is 16.2. The zero-order chi connectivity index (χ0) is 13.7. The molecule has 4 heteroatoms. The van der Waals surface area contributed by atoms with Crippen LogP contribution in [0.25, 0.3) is 0 Å². The Morgan fingerprint density at radius 3 is 2.06 bits per heavy atom. The predicted molar refractivity (Wildman–Crippen MR) is 71.2 cm³/mol. The van der Waals surface area contributed by atoms with E-state index in [1.165, 1.54) is 0 Å². The van der Waals surface area contributed by atoms with Crippen molar-refractivity contribution in [2.24, 2.45) is 5.41 Å². The zero-order valence-electron chi connectivity index (χ0n) is 12.3. The Kier molecular flexibility index (Phi) is 5.96. The lowest BCUT2D eigenvalue weighted by molar-refractivity contribution is 0.0493. The van der Waals surface area contributed by atoms with E-state index < -0.39 is 5.60 Å². The number of hydrogen-bond acceptors (Lipinski definition) is 3. The number of amides is 1. The van der Waals surface area contributed by atoms with E-state index in [9.17, 15) is 4.79 Å². The molecule has 1 unspecified atom stereocenters.